The van der Waals surface area contributed by atoms with Crippen LogP contribution in [0.1, 0.15) is 33.3 Å². The van der Waals surface area contributed by atoms with Crippen LogP contribution < -0.4 is 19.3 Å². The average Bonchev–Trinajstić information content (AvgIpc) is 2.81. The monoisotopic (exact) mass is 479 g/mol. The summed E-state index contributed by atoms with van der Waals surface area (Å²) in [4.78, 5) is 6.60. The van der Waals surface area contributed by atoms with Crippen LogP contribution in [-0.2, 0) is 6.18 Å². The minimum absolute atomic E-state index is 0.435. The van der Waals surface area contributed by atoms with Crippen LogP contribution in [0.25, 0.3) is 0 Å². The first kappa shape index (κ1) is 26.0. The lowest BCUT2D eigenvalue weighted by atomic mass is 10.1. The molecular formula is C26H36F3N3O2. The Bertz CT molecular complexity index is 918. The predicted octanol–water partition coefficient (Wildman–Crippen LogP) is 5.54. The number of rotatable bonds is 9. The van der Waals surface area contributed by atoms with E-state index in [4.69, 9.17) is 9.47 Å². The highest BCUT2D eigenvalue weighted by Gasteiger charge is 2.31. The Kier molecular flexibility index (Phi) is 8.57. The standard InChI is InChI=1S/C26H36F3N3O2/c1-19(2)32(20(3)4)15-16-34-25-18-23(9-10-24(25)33-5)31-13-11-30(12-14-31)22-8-6-7-21(17-22)26(27,28)29/h6-10,17-20H,11-16H2,1-5H3. The van der Waals surface area contributed by atoms with E-state index in [1.54, 1.807) is 13.2 Å². The summed E-state index contributed by atoms with van der Waals surface area (Å²) in [6.45, 7) is 12.8. The van der Waals surface area contributed by atoms with Gasteiger partial charge >= 0.3 is 6.18 Å². The van der Waals surface area contributed by atoms with Gasteiger partial charge in [0.25, 0.3) is 0 Å². The van der Waals surface area contributed by atoms with E-state index in [1.165, 1.54) is 12.1 Å². The molecule has 0 aliphatic carbocycles. The molecule has 3 rings (SSSR count). The summed E-state index contributed by atoms with van der Waals surface area (Å²) >= 11 is 0. The summed E-state index contributed by atoms with van der Waals surface area (Å²) < 4.78 is 50.8. The van der Waals surface area contributed by atoms with Gasteiger partial charge in [-0.15, -0.1) is 0 Å². The fraction of sp³-hybridized carbons (Fsp3) is 0.538. The van der Waals surface area contributed by atoms with Gasteiger partial charge in [-0.25, -0.2) is 0 Å². The Morgan fingerprint density at radius 2 is 1.44 bits per heavy atom. The first-order chi connectivity index (χ1) is 16.1. The molecule has 2 aromatic rings. The van der Waals surface area contributed by atoms with Crippen LogP contribution in [0.4, 0.5) is 24.5 Å². The van der Waals surface area contributed by atoms with Gasteiger partial charge in [0.1, 0.15) is 6.61 Å². The predicted molar refractivity (Wildman–Crippen MR) is 131 cm³/mol. The largest absolute Gasteiger partial charge is 0.493 e. The van der Waals surface area contributed by atoms with Crippen LogP contribution >= 0.6 is 0 Å². The van der Waals surface area contributed by atoms with Gasteiger partial charge in [0, 0.05) is 62.2 Å². The molecule has 0 aromatic heterocycles. The van der Waals surface area contributed by atoms with Crippen LogP contribution in [0.2, 0.25) is 0 Å². The van der Waals surface area contributed by atoms with E-state index in [2.05, 4.69) is 37.5 Å². The van der Waals surface area contributed by atoms with E-state index < -0.39 is 11.7 Å². The highest BCUT2D eigenvalue weighted by Crippen LogP contribution is 2.34. The molecule has 1 heterocycles. The minimum Gasteiger partial charge on any atom is -0.493 e. The van der Waals surface area contributed by atoms with Crippen molar-refractivity contribution in [2.75, 3.05) is 56.2 Å². The first-order valence-corrected chi connectivity index (χ1v) is 11.8. The first-order valence-electron chi connectivity index (χ1n) is 11.8. The van der Waals surface area contributed by atoms with Crippen LogP contribution in [0.5, 0.6) is 11.5 Å². The summed E-state index contributed by atoms with van der Waals surface area (Å²) in [5.74, 6) is 1.39. The highest BCUT2D eigenvalue weighted by molar-refractivity contribution is 5.58. The van der Waals surface area contributed by atoms with Gasteiger partial charge in [-0.1, -0.05) is 6.07 Å². The maximum Gasteiger partial charge on any atom is 0.416 e. The number of piperazine rings is 1. The number of alkyl halides is 3. The molecule has 0 radical (unpaired) electrons. The number of hydrogen-bond donors (Lipinski definition) is 0. The molecule has 8 heteroatoms. The molecule has 0 spiro atoms. The van der Waals surface area contributed by atoms with Gasteiger partial charge in [0.2, 0.25) is 0 Å². The molecule has 2 aromatic carbocycles. The third kappa shape index (κ3) is 6.50. The highest BCUT2D eigenvalue weighted by atomic mass is 19.4. The molecule has 0 atom stereocenters. The molecule has 0 bridgehead atoms. The molecule has 1 saturated heterocycles. The van der Waals surface area contributed by atoms with Crippen LogP contribution in [0.15, 0.2) is 42.5 Å². The zero-order valence-corrected chi connectivity index (χ0v) is 20.7. The molecule has 1 aliphatic rings. The molecule has 0 unspecified atom stereocenters. The fourth-order valence-corrected chi connectivity index (χ4v) is 4.45. The van der Waals surface area contributed by atoms with E-state index in [0.29, 0.717) is 62.1 Å². The van der Waals surface area contributed by atoms with Gasteiger partial charge in [0.15, 0.2) is 11.5 Å². The molecular weight excluding hydrogens is 443 g/mol. The Morgan fingerprint density at radius 3 is 1.97 bits per heavy atom. The van der Waals surface area contributed by atoms with Crippen molar-refractivity contribution in [3.8, 4) is 11.5 Å². The van der Waals surface area contributed by atoms with E-state index in [9.17, 15) is 13.2 Å². The maximum atomic E-state index is 13.1. The Morgan fingerprint density at radius 1 is 0.853 bits per heavy atom. The minimum atomic E-state index is -4.33. The van der Waals surface area contributed by atoms with Crippen molar-refractivity contribution < 1.29 is 22.6 Å². The van der Waals surface area contributed by atoms with Gasteiger partial charge in [-0.2, -0.15) is 13.2 Å². The smallest absolute Gasteiger partial charge is 0.416 e. The Balaban J connectivity index is 1.64. The van der Waals surface area contributed by atoms with Gasteiger partial charge < -0.3 is 19.3 Å². The number of anilines is 2. The van der Waals surface area contributed by atoms with E-state index >= 15 is 0 Å². The fourth-order valence-electron chi connectivity index (χ4n) is 4.45. The second-order valence-corrected chi connectivity index (χ2v) is 9.13. The molecule has 34 heavy (non-hydrogen) atoms. The summed E-state index contributed by atoms with van der Waals surface area (Å²) in [7, 11) is 1.63. The second-order valence-electron chi connectivity index (χ2n) is 9.13. The van der Waals surface area contributed by atoms with Crippen molar-refractivity contribution in [3.63, 3.8) is 0 Å². The molecule has 0 saturated carbocycles. The van der Waals surface area contributed by atoms with Crippen molar-refractivity contribution in [2.45, 2.75) is 46.0 Å². The normalized spacial score (nSPS) is 14.9. The molecule has 0 N–H and O–H groups in total. The van der Waals surface area contributed by atoms with Crippen molar-refractivity contribution in [1.82, 2.24) is 4.90 Å². The average molecular weight is 480 g/mol. The lowest BCUT2D eigenvalue weighted by Crippen LogP contribution is -2.46. The number of hydrogen-bond acceptors (Lipinski definition) is 5. The molecule has 5 nitrogen and oxygen atoms in total. The SMILES string of the molecule is COc1ccc(N2CCN(c3cccc(C(F)(F)F)c3)CC2)cc1OCCN(C(C)C)C(C)C. The van der Waals surface area contributed by atoms with Gasteiger partial charge in [0.05, 0.1) is 12.7 Å². The van der Waals surface area contributed by atoms with E-state index in [-0.39, 0.29) is 0 Å². The van der Waals surface area contributed by atoms with Crippen molar-refractivity contribution in [3.05, 3.63) is 48.0 Å². The quantitative estimate of drug-likeness (QED) is 0.471. The van der Waals surface area contributed by atoms with Gasteiger partial charge in [-0.3, -0.25) is 4.90 Å². The molecule has 1 aliphatic heterocycles. The van der Waals surface area contributed by atoms with Crippen molar-refractivity contribution in [2.24, 2.45) is 0 Å². The van der Waals surface area contributed by atoms with Gasteiger partial charge in [-0.05, 0) is 58.0 Å². The number of methoxy groups -OCH3 is 1. The summed E-state index contributed by atoms with van der Waals surface area (Å²) in [5.41, 5.74) is 1.01. The topological polar surface area (TPSA) is 28.2 Å². The second kappa shape index (κ2) is 11.2. The molecule has 0 amide bonds. The third-order valence-electron chi connectivity index (χ3n) is 6.26. The summed E-state index contributed by atoms with van der Waals surface area (Å²) in [6, 6.07) is 12.3. The molecule has 1 fully saturated rings. The summed E-state index contributed by atoms with van der Waals surface area (Å²) in [6.07, 6.45) is -4.33. The van der Waals surface area contributed by atoms with E-state index in [0.717, 1.165) is 18.3 Å². The van der Waals surface area contributed by atoms with Crippen molar-refractivity contribution >= 4 is 11.4 Å². The van der Waals surface area contributed by atoms with Crippen molar-refractivity contribution in [1.29, 1.82) is 0 Å². The lowest BCUT2D eigenvalue weighted by Gasteiger charge is -2.37. The number of nitrogens with zero attached hydrogens (tertiary/aromatic N) is 3. The zero-order chi connectivity index (χ0) is 24.9. The Labute approximate surface area is 201 Å². The van der Waals surface area contributed by atoms with Crippen LogP contribution in [0, 0.1) is 0 Å². The molecule has 188 valence electrons. The summed E-state index contributed by atoms with van der Waals surface area (Å²) in [5, 5.41) is 0. The lowest BCUT2D eigenvalue weighted by molar-refractivity contribution is -0.137. The Hall–Kier alpha value is -2.61. The zero-order valence-electron chi connectivity index (χ0n) is 20.7. The number of ether oxygens (including phenoxy) is 2. The number of benzene rings is 2. The third-order valence-corrected chi connectivity index (χ3v) is 6.26. The van der Waals surface area contributed by atoms with Crippen LogP contribution in [0.3, 0.4) is 0 Å². The maximum absolute atomic E-state index is 13.1. The van der Waals surface area contributed by atoms with E-state index in [1.807, 2.05) is 23.1 Å². The number of halogens is 3. The van der Waals surface area contributed by atoms with Crippen LogP contribution in [-0.4, -0.2) is 63.4 Å².